The first-order chi connectivity index (χ1) is 21.0. The zero-order valence-electron chi connectivity index (χ0n) is 24.7. The number of aryl methyl sites for hydroxylation is 2. The van der Waals surface area contributed by atoms with Gasteiger partial charge in [-0.1, -0.05) is 54.2 Å². The molecular formula is C32H31F3N6O2S. The highest BCUT2D eigenvalue weighted by Crippen LogP contribution is 2.34. The topological polar surface area (TPSA) is 85.0 Å². The Morgan fingerprint density at radius 1 is 1.05 bits per heavy atom. The summed E-state index contributed by atoms with van der Waals surface area (Å²) in [5.74, 6) is 1.03. The molecule has 1 aliphatic rings. The normalized spacial score (nSPS) is 16.8. The van der Waals surface area contributed by atoms with E-state index >= 15 is 0 Å². The number of benzene rings is 3. The van der Waals surface area contributed by atoms with Crippen molar-refractivity contribution in [2.45, 2.75) is 52.9 Å². The van der Waals surface area contributed by atoms with Gasteiger partial charge in [-0.25, -0.2) is 19.5 Å². The molecule has 4 aromatic rings. The van der Waals surface area contributed by atoms with Gasteiger partial charge in [0.2, 0.25) is 0 Å². The Kier molecular flexibility index (Phi) is 9.19. The van der Waals surface area contributed by atoms with Gasteiger partial charge in [-0.2, -0.15) is 4.99 Å². The number of carbonyl (C=O) groups excluding carboxylic acids is 1. The van der Waals surface area contributed by atoms with Crippen LogP contribution >= 0.6 is 11.8 Å². The summed E-state index contributed by atoms with van der Waals surface area (Å²) in [6.07, 6.45) is -1.80. The van der Waals surface area contributed by atoms with Crippen molar-refractivity contribution >= 4 is 34.4 Å². The third-order valence-corrected chi connectivity index (χ3v) is 8.06. The third-order valence-electron chi connectivity index (χ3n) is 7.07. The summed E-state index contributed by atoms with van der Waals surface area (Å²) < 4.78 is 42.6. The smallest absolute Gasteiger partial charge is 0.406 e. The Morgan fingerprint density at radius 2 is 1.73 bits per heavy atom. The highest BCUT2D eigenvalue weighted by Gasteiger charge is 2.31. The van der Waals surface area contributed by atoms with E-state index < -0.39 is 12.4 Å². The number of aliphatic imine (C=N–C) groups is 2. The standard InChI is InChI=1S/C32H31F3N6O2S/c1-20-6-5-7-21(2)28(20)41-23(4)16-17-44-31(41)38-30(42)37-22(3)18-24-8-10-25(11-9-24)29-36-19-40(39-29)26-12-14-27(15-13-26)43-32(33,34)35/h5-15,19,23H,16-18H2,1-4H3. The maximum atomic E-state index is 12.9. The number of amides is 2. The van der Waals surface area contributed by atoms with E-state index in [1.807, 2.05) is 30.3 Å². The van der Waals surface area contributed by atoms with E-state index in [4.69, 9.17) is 0 Å². The first-order valence-corrected chi connectivity index (χ1v) is 15.0. The van der Waals surface area contributed by atoms with Gasteiger partial charge in [0, 0.05) is 35.2 Å². The van der Waals surface area contributed by atoms with Crippen molar-refractivity contribution in [3.05, 3.63) is 89.7 Å². The molecule has 5 rings (SSSR count). The minimum Gasteiger partial charge on any atom is -0.406 e. The number of hydrogen-bond acceptors (Lipinski definition) is 5. The first kappa shape index (κ1) is 31.0. The van der Waals surface area contributed by atoms with Crippen molar-refractivity contribution < 1.29 is 22.7 Å². The molecule has 0 saturated carbocycles. The largest absolute Gasteiger partial charge is 0.573 e. The SMILES string of the molecule is CC(Cc1ccc(-c2ncn(-c3ccc(OC(F)(F)F)cc3)n2)cc1)=NC(=O)N=C1SCCC(C)N1c1c(C)cccc1C. The second-order valence-electron chi connectivity index (χ2n) is 10.5. The quantitative estimate of drug-likeness (QED) is 0.203. The lowest BCUT2D eigenvalue weighted by Gasteiger charge is -2.37. The van der Waals surface area contributed by atoms with Crippen molar-refractivity contribution in [3.63, 3.8) is 0 Å². The molecule has 44 heavy (non-hydrogen) atoms. The van der Waals surface area contributed by atoms with Gasteiger partial charge in [0.05, 0.1) is 5.69 Å². The van der Waals surface area contributed by atoms with Crippen LogP contribution in [0.4, 0.5) is 23.7 Å². The van der Waals surface area contributed by atoms with Gasteiger partial charge in [-0.05, 0) is 75.1 Å². The van der Waals surface area contributed by atoms with Crippen LogP contribution in [0.2, 0.25) is 0 Å². The van der Waals surface area contributed by atoms with Crippen LogP contribution < -0.4 is 9.64 Å². The number of aromatic nitrogens is 3. The Balaban J connectivity index is 1.25. The number of thioether (sulfide) groups is 1. The molecule has 1 fully saturated rings. The van der Waals surface area contributed by atoms with E-state index in [0.29, 0.717) is 28.8 Å². The van der Waals surface area contributed by atoms with Crippen LogP contribution in [0.15, 0.2) is 83.0 Å². The molecule has 1 saturated heterocycles. The van der Waals surface area contributed by atoms with E-state index in [-0.39, 0.29) is 11.8 Å². The fourth-order valence-corrected chi connectivity index (χ4v) is 6.19. The molecule has 1 atom stereocenters. The van der Waals surface area contributed by atoms with Crippen LogP contribution in [0.1, 0.15) is 37.0 Å². The summed E-state index contributed by atoms with van der Waals surface area (Å²) in [4.78, 5) is 28.1. The first-order valence-electron chi connectivity index (χ1n) is 14.0. The van der Waals surface area contributed by atoms with Crippen molar-refractivity contribution in [2.24, 2.45) is 9.98 Å². The number of hydrogen-bond donors (Lipinski definition) is 0. The van der Waals surface area contributed by atoms with Crippen LogP contribution in [-0.4, -0.2) is 49.8 Å². The molecule has 2 heterocycles. The van der Waals surface area contributed by atoms with Crippen LogP contribution in [0.25, 0.3) is 17.1 Å². The molecule has 0 bridgehead atoms. The molecule has 12 heteroatoms. The lowest BCUT2D eigenvalue weighted by Crippen LogP contribution is -2.42. The van der Waals surface area contributed by atoms with E-state index in [1.165, 1.54) is 35.3 Å². The summed E-state index contributed by atoms with van der Waals surface area (Å²) in [6, 6.07) is 18.8. The average molecular weight is 621 g/mol. The zero-order chi connectivity index (χ0) is 31.4. The number of ether oxygens (including phenoxy) is 1. The molecule has 0 radical (unpaired) electrons. The zero-order valence-corrected chi connectivity index (χ0v) is 25.5. The van der Waals surface area contributed by atoms with E-state index in [9.17, 15) is 18.0 Å². The Bertz CT molecular complexity index is 1680. The number of nitrogens with zero attached hydrogens (tertiary/aromatic N) is 6. The van der Waals surface area contributed by atoms with Crippen molar-refractivity contribution in [1.82, 2.24) is 14.8 Å². The molecule has 228 valence electrons. The van der Waals surface area contributed by atoms with Crippen LogP contribution in [0, 0.1) is 13.8 Å². The van der Waals surface area contributed by atoms with Gasteiger partial charge in [0.1, 0.15) is 12.1 Å². The second-order valence-corrected chi connectivity index (χ2v) is 11.6. The number of halogens is 3. The summed E-state index contributed by atoms with van der Waals surface area (Å²) >= 11 is 1.57. The minimum absolute atomic E-state index is 0.213. The van der Waals surface area contributed by atoms with E-state index in [0.717, 1.165) is 40.1 Å². The van der Waals surface area contributed by atoms with Gasteiger partial charge >= 0.3 is 12.4 Å². The van der Waals surface area contributed by atoms with Crippen molar-refractivity contribution in [3.8, 4) is 22.8 Å². The van der Waals surface area contributed by atoms with Gasteiger partial charge in [-0.3, -0.25) is 0 Å². The molecule has 1 aromatic heterocycles. The third kappa shape index (κ3) is 7.54. The molecule has 8 nitrogen and oxygen atoms in total. The number of amidine groups is 1. The minimum atomic E-state index is -4.75. The highest BCUT2D eigenvalue weighted by molar-refractivity contribution is 8.14. The Hall–Kier alpha value is -4.45. The van der Waals surface area contributed by atoms with Crippen LogP contribution in [0.5, 0.6) is 5.75 Å². The van der Waals surface area contributed by atoms with E-state index in [1.54, 1.807) is 18.7 Å². The molecule has 0 N–H and O–H groups in total. The monoisotopic (exact) mass is 620 g/mol. The van der Waals surface area contributed by atoms with Crippen molar-refractivity contribution in [2.75, 3.05) is 10.7 Å². The maximum Gasteiger partial charge on any atom is 0.573 e. The lowest BCUT2D eigenvalue weighted by molar-refractivity contribution is -0.274. The van der Waals surface area contributed by atoms with Gasteiger partial charge < -0.3 is 9.64 Å². The molecule has 2 amide bonds. The number of carbonyl (C=O) groups is 1. The highest BCUT2D eigenvalue weighted by atomic mass is 32.2. The fourth-order valence-electron chi connectivity index (χ4n) is 4.99. The molecular weight excluding hydrogens is 589 g/mol. The van der Waals surface area contributed by atoms with Crippen molar-refractivity contribution in [1.29, 1.82) is 0 Å². The molecule has 0 spiro atoms. The Labute approximate surface area is 257 Å². The van der Waals surface area contributed by atoms with Crippen LogP contribution in [0.3, 0.4) is 0 Å². The summed E-state index contributed by atoms with van der Waals surface area (Å²) in [5, 5.41) is 5.11. The van der Waals surface area contributed by atoms with Gasteiger partial charge in [0.25, 0.3) is 0 Å². The number of urea groups is 1. The molecule has 1 aliphatic heterocycles. The predicted octanol–water partition coefficient (Wildman–Crippen LogP) is 7.96. The lowest BCUT2D eigenvalue weighted by atomic mass is 10.1. The number of alkyl halides is 3. The molecule has 0 aliphatic carbocycles. The van der Waals surface area contributed by atoms with Crippen LogP contribution in [-0.2, 0) is 6.42 Å². The Morgan fingerprint density at radius 3 is 2.39 bits per heavy atom. The maximum absolute atomic E-state index is 12.9. The van der Waals surface area contributed by atoms with Gasteiger partial charge in [-0.15, -0.1) is 18.3 Å². The number of rotatable bonds is 6. The summed E-state index contributed by atoms with van der Waals surface area (Å²) in [7, 11) is 0. The number of anilines is 1. The molecule has 1 unspecified atom stereocenters. The fraction of sp³-hybridized carbons (Fsp3) is 0.281. The van der Waals surface area contributed by atoms with E-state index in [2.05, 4.69) is 62.6 Å². The average Bonchev–Trinajstić information content (AvgIpc) is 3.44. The summed E-state index contributed by atoms with van der Waals surface area (Å²) in [5.41, 5.74) is 6.25. The summed E-state index contributed by atoms with van der Waals surface area (Å²) in [6.45, 7) is 8.10. The van der Waals surface area contributed by atoms with Gasteiger partial charge in [0.15, 0.2) is 11.0 Å². The number of para-hydroxylation sites is 1. The predicted molar refractivity (Wildman–Crippen MR) is 168 cm³/mol. The second kappa shape index (κ2) is 13.0. The molecule has 3 aromatic carbocycles.